The summed E-state index contributed by atoms with van der Waals surface area (Å²) in [7, 11) is -3.47. The van der Waals surface area contributed by atoms with Crippen LogP contribution in [-0.2, 0) is 19.5 Å². The van der Waals surface area contributed by atoms with Gasteiger partial charge < -0.3 is 14.0 Å². The average Bonchev–Trinajstić information content (AvgIpc) is 3.52. The van der Waals surface area contributed by atoms with Crippen LogP contribution in [0.1, 0.15) is 70.8 Å². The van der Waals surface area contributed by atoms with Crippen LogP contribution in [0.2, 0.25) is 0 Å². The SMILES string of the molecule is CC(OC1CCCCO1)c1nc2c(-c3ccnc(-c4cnn(S(=O)(=O)C5CC5)c4)n3)n[c]cc2n1C(C)C. The Morgan fingerprint density at radius 3 is 2.74 bits per heavy atom. The average molecular weight is 537 g/mol. The van der Waals surface area contributed by atoms with Crippen LogP contribution in [0.15, 0.2) is 30.7 Å². The molecule has 0 bridgehead atoms. The molecule has 199 valence electrons. The number of hydrogen-bond donors (Lipinski definition) is 0. The van der Waals surface area contributed by atoms with E-state index in [9.17, 15) is 8.42 Å². The highest BCUT2D eigenvalue weighted by Crippen LogP contribution is 2.33. The van der Waals surface area contributed by atoms with Crippen molar-refractivity contribution >= 4 is 21.1 Å². The summed E-state index contributed by atoms with van der Waals surface area (Å²) in [5.41, 5.74) is 3.19. The first-order valence-electron chi connectivity index (χ1n) is 13.0. The van der Waals surface area contributed by atoms with Crippen LogP contribution in [0.4, 0.5) is 0 Å². The summed E-state index contributed by atoms with van der Waals surface area (Å²) in [6.45, 7) is 6.91. The highest BCUT2D eigenvalue weighted by Gasteiger charge is 2.37. The van der Waals surface area contributed by atoms with Crippen LogP contribution in [0.25, 0.3) is 33.8 Å². The zero-order chi connectivity index (χ0) is 26.4. The Kier molecular flexibility index (Phi) is 6.48. The van der Waals surface area contributed by atoms with E-state index < -0.39 is 10.0 Å². The number of ether oxygens (including phenoxy) is 2. The molecule has 1 saturated heterocycles. The van der Waals surface area contributed by atoms with E-state index in [1.165, 1.54) is 12.4 Å². The van der Waals surface area contributed by atoms with E-state index in [1.54, 1.807) is 12.3 Å². The van der Waals surface area contributed by atoms with Crippen molar-refractivity contribution in [2.24, 2.45) is 0 Å². The fourth-order valence-corrected chi connectivity index (χ4v) is 6.29. The molecule has 2 unspecified atom stereocenters. The predicted octanol–water partition coefficient (Wildman–Crippen LogP) is 4.08. The minimum atomic E-state index is -3.47. The Labute approximate surface area is 221 Å². The molecule has 6 rings (SSSR count). The maximum absolute atomic E-state index is 12.6. The Balaban J connectivity index is 1.37. The van der Waals surface area contributed by atoms with Crippen LogP contribution < -0.4 is 0 Å². The number of imidazole rings is 1. The molecule has 11 nitrogen and oxygen atoms in total. The highest BCUT2D eigenvalue weighted by molar-refractivity contribution is 7.90. The third-order valence-electron chi connectivity index (χ3n) is 6.87. The van der Waals surface area contributed by atoms with Gasteiger partial charge in [0.15, 0.2) is 12.1 Å². The summed E-state index contributed by atoms with van der Waals surface area (Å²) in [6, 6.07) is 3.71. The summed E-state index contributed by atoms with van der Waals surface area (Å²) in [5.74, 6) is 1.14. The van der Waals surface area contributed by atoms with Crippen molar-refractivity contribution in [2.45, 2.75) is 76.6 Å². The number of rotatable bonds is 8. The second-order valence-corrected chi connectivity index (χ2v) is 12.2. The second kappa shape index (κ2) is 9.83. The second-order valence-electron chi connectivity index (χ2n) is 10.1. The monoisotopic (exact) mass is 536 g/mol. The Hall–Kier alpha value is -3.22. The molecule has 1 aliphatic carbocycles. The lowest BCUT2D eigenvalue weighted by Gasteiger charge is -2.26. The molecule has 1 saturated carbocycles. The van der Waals surface area contributed by atoms with Gasteiger partial charge in [-0.05, 0) is 65.0 Å². The lowest BCUT2D eigenvalue weighted by atomic mass is 10.2. The van der Waals surface area contributed by atoms with E-state index in [0.29, 0.717) is 47.7 Å². The van der Waals surface area contributed by atoms with Gasteiger partial charge >= 0.3 is 0 Å². The number of fused-ring (bicyclic) bond motifs is 1. The molecule has 0 aromatic carbocycles. The van der Waals surface area contributed by atoms with Crippen molar-refractivity contribution in [1.29, 1.82) is 0 Å². The smallest absolute Gasteiger partial charge is 0.256 e. The summed E-state index contributed by atoms with van der Waals surface area (Å²) < 4.78 is 40.3. The Morgan fingerprint density at radius 2 is 2.00 bits per heavy atom. The summed E-state index contributed by atoms with van der Waals surface area (Å²) in [5, 5.41) is 3.71. The summed E-state index contributed by atoms with van der Waals surface area (Å²) in [4.78, 5) is 18.5. The maximum Gasteiger partial charge on any atom is 0.256 e. The fraction of sp³-hybridized carbons (Fsp3) is 0.500. The summed E-state index contributed by atoms with van der Waals surface area (Å²) >= 11 is 0. The molecule has 2 atom stereocenters. The van der Waals surface area contributed by atoms with Crippen LogP contribution in [0.5, 0.6) is 0 Å². The van der Waals surface area contributed by atoms with E-state index in [1.807, 2.05) is 13.0 Å². The zero-order valence-corrected chi connectivity index (χ0v) is 22.4. The van der Waals surface area contributed by atoms with Crippen molar-refractivity contribution in [3.63, 3.8) is 0 Å². The molecule has 0 spiro atoms. The molecule has 2 aliphatic rings. The van der Waals surface area contributed by atoms with Gasteiger partial charge in [-0.15, -0.1) is 0 Å². The maximum atomic E-state index is 12.6. The quantitative estimate of drug-likeness (QED) is 0.327. The summed E-state index contributed by atoms with van der Waals surface area (Å²) in [6.07, 6.45) is 11.4. The van der Waals surface area contributed by atoms with E-state index in [2.05, 4.69) is 39.7 Å². The van der Waals surface area contributed by atoms with E-state index in [4.69, 9.17) is 19.4 Å². The van der Waals surface area contributed by atoms with Gasteiger partial charge in [0.25, 0.3) is 10.0 Å². The van der Waals surface area contributed by atoms with Gasteiger partial charge in [0.2, 0.25) is 0 Å². The Bertz CT molecular complexity index is 1570. The first kappa shape index (κ1) is 25.1. The molecule has 4 aromatic heterocycles. The number of nitrogens with zero attached hydrogens (tertiary/aromatic N) is 7. The number of aromatic nitrogens is 7. The van der Waals surface area contributed by atoms with Crippen LogP contribution in [-0.4, -0.2) is 60.3 Å². The molecule has 4 aromatic rings. The molecule has 0 amide bonds. The van der Waals surface area contributed by atoms with Crippen LogP contribution in [0, 0.1) is 6.20 Å². The number of hydrogen-bond acceptors (Lipinski definition) is 9. The first-order chi connectivity index (χ1) is 18.3. The molecule has 2 fully saturated rings. The minimum Gasteiger partial charge on any atom is -0.353 e. The van der Waals surface area contributed by atoms with Gasteiger partial charge in [0.1, 0.15) is 23.1 Å². The molecule has 5 heterocycles. The Morgan fingerprint density at radius 1 is 1.16 bits per heavy atom. The molecule has 1 aliphatic heterocycles. The fourth-order valence-electron chi connectivity index (χ4n) is 4.81. The molecular formula is C26H30N7O4S. The minimum absolute atomic E-state index is 0.122. The van der Waals surface area contributed by atoms with Crippen LogP contribution in [0.3, 0.4) is 0 Å². The third-order valence-corrected chi connectivity index (χ3v) is 8.91. The predicted molar refractivity (Wildman–Crippen MR) is 139 cm³/mol. The van der Waals surface area contributed by atoms with Crippen molar-refractivity contribution in [1.82, 2.24) is 33.7 Å². The number of pyridine rings is 1. The van der Waals surface area contributed by atoms with E-state index in [-0.39, 0.29) is 23.7 Å². The van der Waals surface area contributed by atoms with Gasteiger partial charge in [-0.3, -0.25) is 0 Å². The molecule has 12 heteroatoms. The standard InChI is InChI=1S/C26H30N7O4S/c1-16(2)33-21-10-12-27-23(24(21)31-26(33)17(3)37-22-6-4-5-13-36-22)20-9-11-28-25(30-20)18-14-29-32(15-18)38(34,35)19-7-8-19/h9-11,14-17,19,22H,4-8,13H2,1-3H3. The van der Waals surface area contributed by atoms with Crippen molar-refractivity contribution in [3.05, 3.63) is 42.7 Å². The molecule has 1 radical (unpaired) electrons. The van der Waals surface area contributed by atoms with E-state index >= 15 is 0 Å². The van der Waals surface area contributed by atoms with Crippen molar-refractivity contribution in [2.75, 3.05) is 6.61 Å². The largest absolute Gasteiger partial charge is 0.353 e. The topological polar surface area (TPSA) is 127 Å². The molecule has 38 heavy (non-hydrogen) atoms. The van der Waals surface area contributed by atoms with Gasteiger partial charge in [-0.1, -0.05) is 0 Å². The highest BCUT2D eigenvalue weighted by atomic mass is 32.2. The van der Waals surface area contributed by atoms with Crippen molar-refractivity contribution < 1.29 is 17.9 Å². The van der Waals surface area contributed by atoms with Gasteiger partial charge in [0.05, 0.1) is 40.6 Å². The van der Waals surface area contributed by atoms with Crippen molar-refractivity contribution in [3.8, 4) is 22.8 Å². The van der Waals surface area contributed by atoms with Gasteiger partial charge in [0, 0.05) is 18.8 Å². The van der Waals surface area contributed by atoms with Gasteiger partial charge in [-0.25, -0.2) is 28.4 Å². The van der Waals surface area contributed by atoms with E-state index in [0.717, 1.165) is 34.7 Å². The zero-order valence-electron chi connectivity index (χ0n) is 21.6. The lowest BCUT2D eigenvalue weighted by molar-refractivity contribution is -0.188. The lowest BCUT2D eigenvalue weighted by Crippen LogP contribution is -2.25. The molecule has 0 N–H and O–H groups in total. The third kappa shape index (κ3) is 4.61. The van der Waals surface area contributed by atoms with Crippen LogP contribution >= 0.6 is 0 Å². The molecular weight excluding hydrogens is 506 g/mol. The first-order valence-corrected chi connectivity index (χ1v) is 14.5. The normalized spacial score (nSPS) is 19.3. The van der Waals surface area contributed by atoms with Gasteiger partial charge in [-0.2, -0.15) is 9.19 Å².